The van der Waals surface area contributed by atoms with Gasteiger partial charge in [0.15, 0.2) is 0 Å². The number of hydrogen-bond donors (Lipinski definition) is 4. The minimum atomic E-state index is -0.243. The average Bonchev–Trinajstić information content (AvgIpc) is 2.35. The summed E-state index contributed by atoms with van der Waals surface area (Å²) in [5, 5.41) is 19.1. The van der Waals surface area contributed by atoms with Crippen molar-refractivity contribution in [2.45, 2.75) is 32.1 Å². The number of nitrogens with two attached hydrogens (primary N) is 2. The first-order chi connectivity index (χ1) is 8.82. The summed E-state index contributed by atoms with van der Waals surface area (Å²) in [6.45, 7) is 4.17. The van der Waals surface area contributed by atoms with E-state index in [0.29, 0.717) is 17.8 Å². The standard InChI is InChI=1S/C15H20N2O2/c1-15(2,9-3-5-13(18)11(16)7-9)10-4-6-14(19)12(17)8-10/h3,5,7-8,18-19H,4,6,16-17H2,1-2H3. The predicted molar refractivity (Wildman–Crippen MR) is 76.7 cm³/mol. The second kappa shape index (κ2) is 4.53. The maximum atomic E-state index is 9.57. The van der Waals surface area contributed by atoms with E-state index in [1.807, 2.05) is 12.1 Å². The molecule has 0 fully saturated rings. The van der Waals surface area contributed by atoms with Crippen LogP contribution in [0.5, 0.6) is 5.75 Å². The lowest BCUT2D eigenvalue weighted by Gasteiger charge is -2.31. The van der Waals surface area contributed by atoms with E-state index < -0.39 is 0 Å². The van der Waals surface area contributed by atoms with E-state index in [4.69, 9.17) is 11.5 Å². The lowest BCUT2D eigenvalue weighted by Crippen LogP contribution is -2.23. The largest absolute Gasteiger partial charge is 0.510 e. The lowest BCUT2D eigenvalue weighted by molar-refractivity contribution is 0.374. The first-order valence-corrected chi connectivity index (χ1v) is 6.30. The number of nitrogen functional groups attached to an aromatic ring is 1. The van der Waals surface area contributed by atoms with Crippen molar-refractivity contribution >= 4 is 5.69 Å². The summed E-state index contributed by atoms with van der Waals surface area (Å²) in [5.41, 5.74) is 14.3. The Balaban J connectivity index is 2.42. The summed E-state index contributed by atoms with van der Waals surface area (Å²) in [4.78, 5) is 0. The minimum absolute atomic E-state index is 0.0919. The molecule has 0 amide bonds. The number of anilines is 1. The smallest absolute Gasteiger partial charge is 0.138 e. The zero-order valence-corrected chi connectivity index (χ0v) is 11.3. The molecule has 19 heavy (non-hydrogen) atoms. The highest BCUT2D eigenvalue weighted by molar-refractivity contribution is 5.56. The number of aliphatic hydroxyl groups excluding tert-OH is 1. The third-order valence-electron chi connectivity index (χ3n) is 3.85. The van der Waals surface area contributed by atoms with E-state index in [2.05, 4.69) is 13.8 Å². The molecule has 6 N–H and O–H groups in total. The van der Waals surface area contributed by atoms with Crippen molar-refractivity contribution in [1.29, 1.82) is 0 Å². The van der Waals surface area contributed by atoms with E-state index in [9.17, 15) is 10.2 Å². The fraction of sp³-hybridized carbons (Fsp3) is 0.333. The predicted octanol–water partition coefficient (Wildman–Crippen LogP) is 2.70. The van der Waals surface area contributed by atoms with Gasteiger partial charge in [0.2, 0.25) is 0 Å². The van der Waals surface area contributed by atoms with Gasteiger partial charge < -0.3 is 21.7 Å². The Labute approximate surface area is 113 Å². The summed E-state index contributed by atoms with van der Waals surface area (Å²) in [7, 11) is 0. The molecule has 0 atom stereocenters. The highest BCUT2D eigenvalue weighted by Gasteiger charge is 2.28. The van der Waals surface area contributed by atoms with Gasteiger partial charge in [-0.25, -0.2) is 0 Å². The van der Waals surface area contributed by atoms with E-state index in [1.54, 1.807) is 12.1 Å². The topological polar surface area (TPSA) is 92.5 Å². The number of allylic oxidation sites excluding steroid dienone is 3. The highest BCUT2D eigenvalue weighted by atomic mass is 16.3. The molecule has 0 unspecified atom stereocenters. The summed E-state index contributed by atoms with van der Waals surface area (Å²) in [6.07, 6.45) is 3.16. The van der Waals surface area contributed by atoms with Crippen LogP contribution >= 0.6 is 0 Å². The number of phenols is 1. The highest BCUT2D eigenvalue weighted by Crippen LogP contribution is 2.39. The Hall–Kier alpha value is -2.10. The molecule has 1 aromatic carbocycles. The molecule has 0 saturated carbocycles. The van der Waals surface area contributed by atoms with E-state index in [0.717, 1.165) is 17.6 Å². The van der Waals surface area contributed by atoms with Crippen molar-refractivity contribution in [3.05, 3.63) is 46.9 Å². The third kappa shape index (κ3) is 2.38. The summed E-state index contributed by atoms with van der Waals surface area (Å²) < 4.78 is 0. The molecule has 102 valence electrons. The number of aliphatic hydroxyl groups is 1. The number of hydrogen-bond acceptors (Lipinski definition) is 4. The Kier molecular flexibility index (Phi) is 3.18. The Morgan fingerprint density at radius 1 is 1.11 bits per heavy atom. The molecule has 4 heteroatoms. The average molecular weight is 260 g/mol. The first-order valence-electron chi connectivity index (χ1n) is 6.30. The number of rotatable bonds is 2. The second-order valence-corrected chi connectivity index (χ2v) is 5.47. The summed E-state index contributed by atoms with van der Waals surface area (Å²) in [6, 6.07) is 5.25. The summed E-state index contributed by atoms with van der Waals surface area (Å²) >= 11 is 0. The van der Waals surface area contributed by atoms with Crippen LogP contribution < -0.4 is 11.5 Å². The van der Waals surface area contributed by atoms with Crippen molar-refractivity contribution in [1.82, 2.24) is 0 Å². The number of benzene rings is 1. The number of phenolic OH excluding ortho intramolecular Hbond substituents is 1. The van der Waals surface area contributed by atoms with Gasteiger partial charge in [-0.05, 0) is 30.2 Å². The SMILES string of the molecule is CC(C)(C1=CC(N)=C(O)CC1)c1ccc(O)c(N)c1. The maximum Gasteiger partial charge on any atom is 0.138 e. The second-order valence-electron chi connectivity index (χ2n) is 5.47. The molecule has 0 saturated heterocycles. The first kappa shape index (κ1) is 13.3. The Bertz CT molecular complexity index is 572. The van der Waals surface area contributed by atoms with Gasteiger partial charge in [0.05, 0.1) is 11.4 Å². The Morgan fingerprint density at radius 3 is 2.37 bits per heavy atom. The van der Waals surface area contributed by atoms with Gasteiger partial charge in [0.1, 0.15) is 11.5 Å². The third-order valence-corrected chi connectivity index (χ3v) is 3.85. The van der Waals surface area contributed by atoms with E-state index in [-0.39, 0.29) is 16.9 Å². The van der Waals surface area contributed by atoms with E-state index >= 15 is 0 Å². The van der Waals surface area contributed by atoms with Gasteiger partial charge in [-0.1, -0.05) is 25.5 Å². The molecule has 0 aliphatic heterocycles. The molecule has 0 heterocycles. The van der Waals surface area contributed by atoms with Crippen molar-refractivity contribution in [2.75, 3.05) is 5.73 Å². The number of aromatic hydroxyl groups is 1. The molecule has 1 aliphatic carbocycles. The van der Waals surface area contributed by atoms with Gasteiger partial charge in [0, 0.05) is 11.8 Å². The molecular weight excluding hydrogens is 240 g/mol. The molecule has 1 aromatic rings. The van der Waals surface area contributed by atoms with Gasteiger partial charge in [-0.2, -0.15) is 0 Å². The zero-order chi connectivity index (χ0) is 14.2. The maximum absolute atomic E-state index is 9.57. The van der Waals surface area contributed by atoms with Crippen LogP contribution in [0.15, 0.2) is 41.3 Å². The molecule has 4 nitrogen and oxygen atoms in total. The van der Waals surface area contributed by atoms with Gasteiger partial charge >= 0.3 is 0 Å². The molecule has 0 aromatic heterocycles. The van der Waals surface area contributed by atoms with Crippen LogP contribution in [0.2, 0.25) is 0 Å². The lowest BCUT2D eigenvalue weighted by atomic mass is 9.74. The van der Waals surface area contributed by atoms with Crippen LogP contribution in [0.3, 0.4) is 0 Å². The minimum Gasteiger partial charge on any atom is -0.510 e. The van der Waals surface area contributed by atoms with Gasteiger partial charge in [-0.15, -0.1) is 0 Å². The molecule has 0 spiro atoms. The van der Waals surface area contributed by atoms with E-state index in [1.165, 1.54) is 0 Å². The van der Waals surface area contributed by atoms with Crippen molar-refractivity contribution in [3.8, 4) is 5.75 Å². The quantitative estimate of drug-likeness (QED) is 0.486. The van der Waals surface area contributed by atoms with Crippen LogP contribution in [0.25, 0.3) is 0 Å². The van der Waals surface area contributed by atoms with Crippen LogP contribution in [0.4, 0.5) is 5.69 Å². The van der Waals surface area contributed by atoms with Crippen LogP contribution in [-0.2, 0) is 5.41 Å². The molecule has 0 bridgehead atoms. The van der Waals surface area contributed by atoms with Crippen LogP contribution in [0.1, 0.15) is 32.3 Å². The van der Waals surface area contributed by atoms with Crippen LogP contribution in [-0.4, -0.2) is 10.2 Å². The molecule has 1 aliphatic rings. The van der Waals surface area contributed by atoms with Gasteiger partial charge in [-0.3, -0.25) is 0 Å². The summed E-state index contributed by atoms with van der Waals surface area (Å²) in [5.74, 6) is 0.346. The van der Waals surface area contributed by atoms with Crippen molar-refractivity contribution in [2.24, 2.45) is 5.73 Å². The molecule has 2 rings (SSSR count). The Morgan fingerprint density at radius 2 is 1.79 bits per heavy atom. The van der Waals surface area contributed by atoms with Gasteiger partial charge in [0.25, 0.3) is 0 Å². The fourth-order valence-electron chi connectivity index (χ4n) is 2.36. The monoisotopic (exact) mass is 260 g/mol. The van der Waals surface area contributed by atoms with Crippen LogP contribution in [0, 0.1) is 0 Å². The molecule has 0 radical (unpaired) electrons. The zero-order valence-electron chi connectivity index (χ0n) is 11.3. The van der Waals surface area contributed by atoms with Crippen molar-refractivity contribution in [3.63, 3.8) is 0 Å². The normalized spacial score (nSPS) is 16.4. The fourth-order valence-corrected chi connectivity index (χ4v) is 2.36. The van der Waals surface area contributed by atoms with Crippen molar-refractivity contribution < 1.29 is 10.2 Å². The molecular formula is C15H20N2O2.